The Morgan fingerprint density at radius 1 is 1.05 bits per heavy atom. The summed E-state index contributed by atoms with van der Waals surface area (Å²) in [6.07, 6.45) is 0. The molecule has 5 nitrogen and oxygen atoms in total. The average Bonchev–Trinajstić information content (AvgIpc) is 2.92. The Morgan fingerprint density at radius 2 is 1.82 bits per heavy atom. The Bertz CT molecular complexity index is 902. The van der Waals surface area contributed by atoms with Crippen molar-refractivity contribution in [2.45, 2.75) is 5.09 Å². The SMILES string of the molecule is CNc1ccc(Cl)cc1NS(=O)(=O)c1cc2ccccc2o1. The van der Waals surface area contributed by atoms with Crippen LogP contribution in [0.3, 0.4) is 0 Å². The van der Waals surface area contributed by atoms with E-state index in [1.54, 1.807) is 37.4 Å². The highest BCUT2D eigenvalue weighted by atomic mass is 35.5. The summed E-state index contributed by atoms with van der Waals surface area (Å²) in [5, 5.41) is 3.92. The summed E-state index contributed by atoms with van der Waals surface area (Å²) in [6.45, 7) is 0. The number of sulfonamides is 1. The van der Waals surface area contributed by atoms with Crippen LogP contribution in [0.5, 0.6) is 0 Å². The first-order valence-electron chi connectivity index (χ1n) is 6.48. The number of fused-ring (bicyclic) bond motifs is 1. The van der Waals surface area contributed by atoms with Crippen LogP contribution in [0.1, 0.15) is 0 Å². The van der Waals surface area contributed by atoms with Crippen LogP contribution >= 0.6 is 11.6 Å². The molecule has 3 rings (SSSR count). The van der Waals surface area contributed by atoms with Gasteiger partial charge in [-0.15, -0.1) is 0 Å². The highest BCUT2D eigenvalue weighted by Crippen LogP contribution is 2.29. The van der Waals surface area contributed by atoms with Crippen molar-refractivity contribution in [1.82, 2.24) is 0 Å². The summed E-state index contributed by atoms with van der Waals surface area (Å²) < 4.78 is 32.8. The average molecular weight is 337 g/mol. The number of hydrogen-bond acceptors (Lipinski definition) is 4. The molecular weight excluding hydrogens is 324 g/mol. The third-order valence-electron chi connectivity index (χ3n) is 3.16. The fourth-order valence-corrected chi connectivity index (χ4v) is 3.32. The first-order valence-corrected chi connectivity index (χ1v) is 8.34. The van der Waals surface area contributed by atoms with Crippen molar-refractivity contribution in [3.8, 4) is 0 Å². The first kappa shape index (κ1) is 14.7. The molecule has 1 heterocycles. The topological polar surface area (TPSA) is 71.3 Å². The van der Waals surface area contributed by atoms with E-state index in [4.69, 9.17) is 16.0 Å². The number of rotatable bonds is 4. The summed E-state index contributed by atoms with van der Waals surface area (Å²) >= 11 is 5.93. The molecule has 0 atom stereocenters. The molecule has 0 bridgehead atoms. The van der Waals surface area contributed by atoms with Gasteiger partial charge in [0.25, 0.3) is 10.0 Å². The van der Waals surface area contributed by atoms with Gasteiger partial charge in [0.1, 0.15) is 5.58 Å². The molecule has 0 unspecified atom stereocenters. The van der Waals surface area contributed by atoms with Gasteiger partial charge in [-0.2, -0.15) is 8.42 Å². The van der Waals surface area contributed by atoms with E-state index in [1.807, 2.05) is 6.07 Å². The normalized spacial score (nSPS) is 11.5. The smallest absolute Gasteiger partial charge is 0.295 e. The van der Waals surface area contributed by atoms with Crippen LogP contribution in [-0.2, 0) is 10.0 Å². The van der Waals surface area contributed by atoms with E-state index in [0.29, 0.717) is 22.0 Å². The number of halogens is 1. The van der Waals surface area contributed by atoms with Gasteiger partial charge in [0, 0.05) is 23.5 Å². The van der Waals surface area contributed by atoms with Crippen molar-refractivity contribution in [3.63, 3.8) is 0 Å². The van der Waals surface area contributed by atoms with Crippen LogP contribution in [0, 0.1) is 0 Å². The van der Waals surface area contributed by atoms with Crippen LogP contribution in [0.15, 0.2) is 58.0 Å². The molecule has 0 aliphatic heterocycles. The van der Waals surface area contributed by atoms with Gasteiger partial charge in [0.2, 0.25) is 5.09 Å². The van der Waals surface area contributed by atoms with Crippen molar-refractivity contribution >= 4 is 44.0 Å². The minimum Gasteiger partial charge on any atom is -0.443 e. The molecule has 3 aromatic rings. The molecule has 0 radical (unpaired) electrons. The van der Waals surface area contributed by atoms with E-state index in [0.717, 1.165) is 5.39 Å². The lowest BCUT2D eigenvalue weighted by molar-refractivity contribution is 0.484. The van der Waals surface area contributed by atoms with Gasteiger partial charge in [-0.25, -0.2) is 0 Å². The Labute approximate surface area is 132 Å². The van der Waals surface area contributed by atoms with Gasteiger partial charge in [-0.1, -0.05) is 29.8 Å². The summed E-state index contributed by atoms with van der Waals surface area (Å²) in [7, 11) is -2.14. The van der Waals surface area contributed by atoms with Gasteiger partial charge >= 0.3 is 0 Å². The third-order valence-corrected chi connectivity index (χ3v) is 4.62. The predicted octanol–water partition coefficient (Wildman–Crippen LogP) is 3.93. The molecule has 0 spiro atoms. The molecule has 7 heteroatoms. The van der Waals surface area contributed by atoms with Crippen LogP contribution in [0.2, 0.25) is 5.02 Å². The largest absolute Gasteiger partial charge is 0.443 e. The van der Waals surface area contributed by atoms with Crippen molar-refractivity contribution in [2.24, 2.45) is 0 Å². The van der Waals surface area contributed by atoms with Crippen molar-refractivity contribution in [3.05, 3.63) is 53.6 Å². The molecule has 1 aromatic heterocycles. The minimum atomic E-state index is -3.84. The second-order valence-corrected chi connectivity index (χ2v) is 6.70. The fourth-order valence-electron chi connectivity index (χ4n) is 2.10. The molecule has 0 aliphatic rings. The summed E-state index contributed by atoms with van der Waals surface area (Å²) in [6, 6.07) is 13.5. The molecule has 22 heavy (non-hydrogen) atoms. The highest BCUT2D eigenvalue weighted by Gasteiger charge is 2.21. The molecule has 2 aromatic carbocycles. The molecule has 114 valence electrons. The van der Waals surface area contributed by atoms with Crippen molar-refractivity contribution in [1.29, 1.82) is 0 Å². The molecular formula is C15H13ClN2O3S. The predicted molar refractivity (Wildman–Crippen MR) is 88.0 cm³/mol. The quantitative estimate of drug-likeness (QED) is 0.757. The summed E-state index contributed by atoms with van der Waals surface area (Å²) in [5.74, 6) is 0. The number of benzene rings is 2. The monoisotopic (exact) mass is 336 g/mol. The number of hydrogen-bond donors (Lipinski definition) is 2. The zero-order valence-electron chi connectivity index (χ0n) is 11.6. The fraction of sp³-hybridized carbons (Fsp3) is 0.0667. The van der Waals surface area contributed by atoms with Crippen LogP contribution in [0.25, 0.3) is 11.0 Å². The van der Waals surface area contributed by atoms with Gasteiger partial charge in [0.15, 0.2) is 0 Å². The van der Waals surface area contributed by atoms with E-state index in [9.17, 15) is 8.42 Å². The van der Waals surface area contributed by atoms with E-state index < -0.39 is 10.0 Å². The van der Waals surface area contributed by atoms with E-state index in [-0.39, 0.29) is 5.09 Å². The zero-order valence-corrected chi connectivity index (χ0v) is 13.2. The highest BCUT2D eigenvalue weighted by molar-refractivity contribution is 7.92. The van der Waals surface area contributed by atoms with Gasteiger partial charge < -0.3 is 9.73 Å². The summed E-state index contributed by atoms with van der Waals surface area (Å²) in [4.78, 5) is 0. The molecule has 0 saturated carbocycles. The van der Waals surface area contributed by atoms with Gasteiger partial charge in [-0.05, 0) is 24.3 Å². The lowest BCUT2D eigenvalue weighted by atomic mass is 10.3. The second kappa shape index (κ2) is 5.55. The van der Waals surface area contributed by atoms with Crippen LogP contribution in [-0.4, -0.2) is 15.5 Å². The second-order valence-electron chi connectivity index (χ2n) is 4.65. The van der Waals surface area contributed by atoms with Gasteiger partial charge in [0.05, 0.1) is 11.4 Å². The summed E-state index contributed by atoms with van der Waals surface area (Å²) in [5.41, 5.74) is 1.49. The Morgan fingerprint density at radius 3 is 2.55 bits per heavy atom. The molecule has 0 saturated heterocycles. The number of furan rings is 1. The van der Waals surface area contributed by atoms with E-state index >= 15 is 0 Å². The number of nitrogens with one attached hydrogen (secondary N) is 2. The lowest BCUT2D eigenvalue weighted by Crippen LogP contribution is -2.13. The standard InChI is InChI=1S/C15H13ClN2O3S/c1-17-12-7-6-11(16)9-13(12)18-22(19,20)15-8-10-4-2-3-5-14(10)21-15/h2-9,17-18H,1H3. The molecule has 0 aliphatic carbocycles. The zero-order chi connectivity index (χ0) is 15.7. The molecule has 2 N–H and O–H groups in total. The number of para-hydroxylation sites is 1. The minimum absolute atomic E-state index is 0.143. The van der Waals surface area contributed by atoms with Crippen molar-refractivity contribution in [2.75, 3.05) is 17.1 Å². The maximum atomic E-state index is 12.5. The molecule has 0 fully saturated rings. The first-order chi connectivity index (χ1) is 10.5. The van der Waals surface area contributed by atoms with Crippen molar-refractivity contribution < 1.29 is 12.8 Å². The van der Waals surface area contributed by atoms with Crippen LogP contribution < -0.4 is 10.0 Å². The van der Waals surface area contributed by atoms with Gasteiger partial charge in [-0.3, -0.25) is 4.72 Å². The van der Waals surface area contributed by atoms with E-state index in [1.165, 1.54) is 12.1 Å². The lowest BCUT2D eigenvalue weighted by Gasteiger charge is -2.11. The Hall–Kier alpha value is -2.18. The maximum absolute atomic E-state index is 12.5. The van der Waals surface area contributed by atoms with Crippen LogP contribution in [0.4, 0.5) is 11.4 Å². The molecule has 0 amide bonds. The maximum Gasteiger partial charge on any atom is 0.295 e. The number of anilines is 2. The van der Waals surface area contributed by atoms with E-state index in [2.05, 4.69) is 10.0 Å². The Balaban J connectivity index is 2.01. The Kier molecular flexibility index (Phi) is 3.72. The third kappa shape index (κ3) is 2.75.